The molecule has 0 spiro atoms. The van der Waals surface area contributed by atoms with Crippen molar-refractivity contribution in [2.45, 2.75) is 58.2 Å². The molecule has 0 atom stereocenters. The van der Waals surface area contributed by atoms with Gasteiger partial charge in [-0.15, -0.1) is 0 Å². The van der Waals surface area contributed by atoms with E-state index in [2.05, 4.69) is 19.2 Å². The van der Waals surface area contributed by atoms with E-state index in [1.807, 2.05) is 12.2 Å². The van der Waals surface area contributed by atoms with Crippen LogP contribution in [-0.2, 0) is 9.84 Å². The zero-order valence-electron chi connectivity index (χ0n) is 11.8. The van der Waals surface area contributed by atoms with Gasteiger partial charge in [0.15, 0.2) is 9.84 Å². The molecule has 102 valence electrons. The Labute approximate surface area is 107 Å². The predicted octanol–water partition coefficient (Wildman–Crippen LogP) is 2.53. The highest BCUT2D eigenvalue weighted by molar-refractivity contribution is 7.92. The second-order valence-corrected chi connectivity index (χ2v) is 8.45. The molecule has 0 aromatic carbocycles. The van der Waals surface area contributed by atoms with Crippen molar-refractivity contribution in [3.8, 4) is 0 Å². The maximum absolute atomic E-state index is 11.8. The minimum atomic E-state index is -2.97. The van der Waals surface area contributed by atoms with Crippen LogP contribution in [-0.4, -0.2) is 31.5 Å². The third-order valence-electron chi connectivity index (χ3n) is 2.52. The summed E-state index contributed by atoms with van der Waals surface area (Å²) >= 11 is 0. The number of hydrogen-bond donors (Lipinski definition) is 1. The number of nitrogens with one attached hydrogen (secondary N) is 1. The molecule has 0 aliphatic carbocycles. The van der Waals surface area contributed by atoms with E-state index in [4.69, 9.17) is 0 Å². The topological polar surface area (TPSA) is 46.2 Å². The van der Waals surface area contributed by atoms with Crippen LogP contribution in [0, 0.1) is 0 Å². The zero-order chi connectivity index (χ0) is 13.5. The van der Waals surface area contributed by atoms with Crippen LogP contribution in [0.1, 0.15) is 47.5 Å². The van der Waals surface area contributed by atoms with Gasteiger partial charge >= 0.3 is 0 Å². The molecule has 0 bridgehead atoms. The molecule has 0 radical (unpaired) electrons. The first-order valence-corrected chi connectivity index (χ1v) is 7.93. The maximum atomic E-state index is 11.8. The fourth-order valence-electron chi connectivity index (χ4n) is 1.22. The van der Waals surface area contributed by atoms with Crippen molar-refractivity contribution in [3.05, 3.63) is 12.2 Å². The first-order valence-electron chi connectivity index (χ1n) is 6.27. The molecule has 0 saturated heterocycles. The second kappa shape index (κ2) is 7.17. The van der Waals surface area contributed by atoms with Gasteiger partial charge in [-0.25, -0.2) is 8.42 Å². The summed E-state index contributed by atoms with van der Waals surface area (Å²) in [6.45, 7) is 10.4. The molecule has 3 nitrogen and oxygen atoms in total. The SMILES string of the molecule is CC(C)NCC/C=C/CCS(=O)(=O)C(C)(C)C. The molecular weight excluding hydrogens is 234 g/mol. The van der Waals surface area contributed by atoms with Crippen molar-refractivity contribution >= 4 is 9.84 Å². The van der Waals surface area contributed by atoms with Crippen LogP contribution in [0.15, 0.2) is 12.2 Å². The van der Waals surface area contributed by atoms with Crippen molar-refractivity contribution in [1.29, 1.82) is 0 Å². The molecule has 0 fully saturated rings. The van der Waals surface area contributed by atoms with Crippen LogP contribution in [0.4, 0.5) is 0 Å². The number of sulfone groups is 1. The molecule has 0 aromatic rings. The lowest BCUT2D eigenvalue weighted by Gasteiger charge is -2.18. The quantitative estimate of drug-likeness (QED) is 0.566. The molecule has 0 heterocycles. The molecule has 4 heteroatoms. The third kappa shape index (κ3) is 7.55. The zero-order valence-corrected chi connectivity index (χ0v) is 12.6. The van der Waals surface area contributed by atoms with Gasteiger partial charge < -0.3 is 5.32 Å². The average Bonchev–Trinajstić information content (AvgIpc) is 2.13. The van der Waals surface area contributed by atoms with E-state index in [9.17, 15) is 8.42 Å². The minimum Gasteiger partial charge on any atom is -0.314 e. The van der Waals surface area contributed by atoms with Gasteiger partial charge in [-0.2, -0.15) is 0 Å². The number of rotatable bonds is 7. The molecule has 1 N–H and O–H groups in total. The molecule has 17 heavy (non-hydrogen) atoms. The van der Waals surface area contributed by atoms with Gasteiger partial charge in [0.1, 0.15) is 0 Å². The summed E-state index contributed by atoms with van der Waals surface area (Å²) in [5, 5.41) is 3.31. The largest absolute Gasteiger partial charge is 0.314 e. The van der Waals surface area contributed by atoms with E-state index in [1.165, 1.54) is 0 Å². The highest BCUT2D eigenvalue weighted by Gasteiger charge is 2.27. The molecule has 0 aromatic heterocycles. The first-order chi connectivity index (χ1) is 7.67. The number of hydrogen-bond acceptors (Lipinski definition) is 3. The number of allylic oxidation sites excluding steroid dienone is 1. The summed E-state index contributed by atoms with van der Waals surface area (Å²) in [6, 6.07) is 0.504. The van der Waals surface area contributed by atoms with E-state index < -0.39 is 14.6 Å². The minimum absolute atomic E-state index is 0.241. The van der Waals surface area contributed by atoms with Gasteiger partial charge in [-0.3, -0.25) is 0 Å². The van der Waals surface area contributed by atoms with Gasteiger partial charge in [-0.05, 0) is 40.2 Å². The normalized spacial score (nSPS) is 13.8. The van der Waals surface area contributed by atoms with Crippen molar-refractivity contribution in [2.24, 2.45) is 0 Å². The summed E-state index contributed by atoms with van der Waals surface area (Å²) in [5.74, 6) is 0.241. The fraction of sp³-hybridized carbons (Fsp3) is 0.846. The first kappa shape index (κ1) is 16.6. The van der Waals surface area contributed by atoms with Crippen LogP contribution < -0.4 is 5.32 Å². The van der Waals surface area contributed by atoms with Crippen molar-refractivity contribution in [2.75, 3.05) is 12.3 Å². The van der Waals surface area contributed by atoms with Crippen LogP contribution in [0.3, 0.4) is 0 Å². The van der Waals surface area contributed by atoms with Crippen molar-refractivity contribution in [1.82, 2.24) is 5.32 Å². The average molecular weight is 261 g/mol. The molecule has 0 unspecified atom stereocenters. The van der Waals surface area contributed by atoms with Crippen LogP contribution in [0.25, 0.3) is 0 Å². The molecule has 0 aliphatic rings. The van der Waals surface area contributed by atoms with E-state index in [-0.39, 0.29) is 5.75 Å². The Bertz CT molecular complexity index is 324. The maximum Gasteiger partial charge on any atom is 0.155 e. The third-order valence-corrected chi connectivity index (χ3v) is 5.16. The fourth-order valence-corrected chi connectivity index (χ4v) is 2.28. The van der Waals surface area contributed by atoms with Gasteiger partial charge in [0, 0.05) is 6.04 Å². The monoisotopic (exact) mass is 261 g/mol. The summed E-state index contributed by atoms with van der Waals surface area (Å²) in [4.78, 5) is 0. The predicted molar refractivity (Wildman–Crippen MR) is 75.1 cm³/mol. The van der Waals surface area contributed by atoms with Crippen LogP contribution in [0.2, 0.25) is 0 Å². The molecule has 0 amide bonds. The Kier molecular flexibility index (Phi) is 7.02. The van der Waals surface area contributed by atoms with Crippen molar-refractivity contribution in [3.63, 3.8) is 0 Å². The van der Waals surface area contributed by atoms with E-state index in [0.29, 0.717) is 12.5 Å². The smallest absolute Gasteiger partial charge is 0.155 e. The standard InChI is InChI=1S/C13H27NO2S/c1-12(2)14-10-8-6-7-9-11-17(15,16)13(3,4)5/h6-7,12,14H,8-11H2,1-5H3/b7-6+. The van der Waals surface area contributed by atoms with Gasteiger partial charge in [-0.1, -0.05) is 26.0 Å². The lowest BCUT2D eigenvalue weighted by molar-refractivity contribution is 0.560. The molecule has 0 aliphatic heterocycles. The second-order valence-electron chi connectivity index (χ2n) is 5.59. The van der Waals surface area contributed by atoms with Gasteiger partial charge in [0.2, 0.25) is 0 Å². The van der Waals surface area contributed by atoms with E-state index in [0.717, 1.165) is 13.0 Å². The highest BCUT2D eigenvalue weighted by Crippen LogP contribution is 2.16. The highest BCUT2D eigenvalue weighted by atomic mass is 32.2. The lowest BCUT2D eigenvalue weighted by Crippen LogP contribution is -2.30. The van der Waals surface area contributed by atoms with Gasteiger partial charge in [0.05, 0.1) is 10.5 Å². The van der Waals surface area contributed by atoms with E-state index in [1.54, 1.807) is 20.8 Å². The molecule has 0 rings (SSSR count). The van der Waals surface area contributed by atoms with Crippen LogP contribution in [0.5, 0.6) is 0 Å². The molecular formula is C13H27NO2S. The lowest BCUT2D eigenvalue weighted by atomic mass is 10.3. The van der Waals surface area contributed by atoms with Gasteiger partial charge in [0.25, 0.3) is 0 Å². The van der Waals surface area contributed by atoms with E-state index >= 15 is 0 Å². The summed E-state index contributed by atoms with van der Waals surface area (Å²) < 4.78 is 22.9. The Balaban J connectivity index is 3.82. The van der Waals surface area contributed by atoms with Crippen molar-refractivity contribution < 1.29 is 8.42 Å². The summed E-state index contributed by atoms with van der Waals surface area (Å²) in [7, 11) is -2.97. The Hall–Kier alpha value is -0.350. The Morgan fingerprint density at radius 1 is 1.12 bits per heavy atom. The Morgan fingerprint density at radius 2 is 1.65 bits per heavy atom. The summed E-state index contributed by atoms with van der Waals surface area (Å²) in [5.41, 5.74) is 0. The molecule has 0 saturated carbocycles. The summed E-state index contributed by atoms with van der Waals surface area (Å²) in [6.07, 6.45) is 5.58. The Morgan fingerprint density at radius 3 is 2.12 bits per heavy atom. The van der Waals surface area contributed by atoms with Crippen LogP contribution >= 0.6 is 0 Å².